The number of nitrogens with one attached hydrogen (secondary N) is 1. The third-order valence-corrected chi connectivity index (χ3v) is 3.99. The van der Waals surface area contributed by atoms with Gasteiger partial charge < -0.3 is 5.32 Å². The molecule has 0 radical (unpaired) electrons. The van der Waals surface area contributed by atoms with Crippen LogP contribution in [0.4, 0.5) is 0 Å². The molecule has 1 amide bonds. The van der Waals surface area contributed by atoms with Crippen LogP contribution in [0.5, 0.6) is 0 Å². The Bertz CT molecular complexity index is 568. The van der Waals surface area contributed by atoms with Crippen molar-refractivity contribution in [2.24, 2.45) is 0 Å². The SMILES string of the molecule is O=C(CCCc1ccccc1)NCc1cccc(CBr)c1. The maximum atomic E-state index is 11.8. The van der Waals surface area contributed by atoms with Crippen molar-refractivity contribution in [2.75, 3.05) is 0 Å². The van der Waals surface area contributed by atoms with E-state index in [-0.39, 0.29) is 5.91 Å². The van der Waals surface area contributed by atoms with Gasteiger partial charge in [-0.3, -0.25) is 4.79 Å². The molecule has 0 heterocycles. The summed E-state index contributed by atoms with van der Waals surface area (Å²) in [5.41, 5.74) is 3.66. The maximum absolute atomic E-state index is 11.8. The fourth-order valence-corrected chi connectivity index (χ4v) is 2.56. The second kappa shape index (κ2) is 8.63. The van der Waals surface area contributed by atoms with Gasteiger partial charge in [0, 0.05) is 18.3 Å². The van der Waals surface area contributed by atoms with Gasteiger partial charge in [0.25, 0.3) is 0 Å². The first-order valence-electron chi connectivity index (χ1n) is 7.22. The van der Waals surface area contributed by atoms with E-state index >= 15 is 0 Å². The maximum Gasteiger partial charge on any atom is 0.220 e. The van der Waals surface area contributed by atoms with Crippen LogP contribution in [0.15, 0.2) is 54.6 Å². The number of halogens is 1. The Morgan fingerprint density at radius 2 is 1.67 bits per heavy atom. The van der Waals surface area contributed by atoms with Crippen LogP contribution >= 0.6 is 15.9 Å². The Morgan fingerprint density at radius 3 is 2.43 bits per heavy atom. The molecule has 0 aliphatic carbocycles. The summed E-state index contributed by atoms with van der Waals surface area (Å²) in [5, 5.41) is 3.82. The first kappa shape index (κ1) is 15.8. The summed E-state index contributed by atoms with van der Waals surface area (Å²) in [6, 6.07) is 18.5. The molecule has 0 aromatic heterocycles. The molecule has 2 rings (SSSR count). The molecule has 21 heavy (non-hydrogen) atoms. The number of rotatable bonds is 7. The highest BCUT2D eigenvalue weighted by atomic mass is 79.9. The molecule has 2 aromatic rings. The molecule has 0 fully saturated rings. The summed E-state index contributed by atoms with van der Waals surface area (Å²) in [6.07, 6.45) is 2.41. The van der Waals surface area contributed by atoms with Crippen LogP contribution in [0.2, 0.25) is 0 Å². The van der Waals surface area contributed by atoms with E-state index in [1.54, 1.807) is 0 Å². The Kier molecular flexibility index (Phi) is 6.48. The van der Waals surface area contributed by atoms with Gasteiger partial charge in [0.15, 0.2) is 0 Å². The molecule has 0 spiro atoms. The van der Waals surface area contributed by atoms with Crippen LogP contribution in [-0.4, -0.2) is 5.91 Å². The molecule has 110 valence electrons. The molecule has 1 N–H and O–H groups in total. The van der Waals surface area contributed by atoms with E-state index in [9.17, 15) is 4.79 Å². The van der Waals surface area contributed by atoms with Gasteiger partial charge >= 0.3 is 0 Å². The third kappa shape index (κ3) is 5.72. The number of alkyl halides is 1. The molecule has 0 aliphatic rings. The zero-order valence-electron chi connectivity index (χ0n) is 12.0. The molecule has 0 saturated carbocycles. The van der Waals surface area contributed by atoms with E-state index in [0.717, 1.165) is 23.7 Å². The van der Waals surface area contributed by atoms with Crippen molar-refractivity contribution in [1.29, 1.82) is 0 Å². The van der Waals surface area contributed by atoms with Crippen LogP contribution in [0.3, 0.4) is 0 Å². The van der Waals surface area contributed by atoms with Gasteiger partial charge in [0.1, 0.15) is 0 Å². The Labute approximate surface area is 134 Å². The minimum absolute atomic E-state index is 0.121. The highest BCUT2D eigenvalue weighted by Crippen LogP contribution is 2.09. The monoisotopic (exact) mass is 345 g/mol. The predicted molar refractivity (Wildman–Crippen MR) is 90.3 cm³/mol. The molecule has 0 unspecified atom stereocenters. The average Bonchev–Trinajstić information content (AvgIpc) is 2.54. The summed E-state index contributed by atoms with van der Waals surface area (Å²) in [4.78, 5) is 11.8. The van der Waals surface area contributed by atoms with E-state index in [0.29, 0.717) is 13.0 Å². The average molecular weight is 346 g/mol. The third-order valence-electron chi connectivity index (χ3n) is 3.35. The topological polar surface area (TPSA) is 29.1 Å². The van der Waals surface area contributed by atoms with Crippen LogP contribution in [0.1, 0.15) is 29.5 Å². The predicted octanol–water partition coefficient (Wildman–Crippen LogP) is 4.22. The first-order chi connectivity index (χ1) is 10.3. The largest absolute Gasteiger partial charge is 0.352 e. The number of carbonyl (C=O) groups is 1. The summed E-state index contributed by atoms with van der Waals surface area (Å²) in [6.45, 7) is 0.602. The van der Waals surface area contributed by atoms with Crippen LogP contribution < -0.4 is 5.32 Å². The molecule has 0 aliphatic heterocycles. The Morgan fingerprint density at radius 1 is 0.952 bits per heavy atom. The normalized spacial score (nSPS) is 10.3. The number of aryl methyl sites for hydroxylation is 1. The molecule has 2 nitrogen and oxygen atoms in total. The van der Waals surface area contributed by atoms with E-state index in [1.165, 1.54) is 11.1 Å². The van der Waals surface area contributed by atoms with Gasteiger partial charge in [-0.25, -0.2) is 0 Å². The van der Waals surface area contributed by atoms with Crippen LogP contribution in [0, 0.1) is 0 Å². The second-order valence-electron chi connectivity index (χ2n) is 5.07. The van der Waals surface area contributed by atoms with Crippen molar-refractivity contribution in [3.63, 3.8) is 0 Å². The number of hydrogen-bond donors (Lipinski definition) is 1. The van der Waals surface area contributed by atoms with Crippen molar-refractivity contribution in [3.05, 3.63) is 71.3 Å². The lowest BCUT2D eigenvalue weighted by molar-refractivity contribution is -0.121. The Balaban J connectivity index is 1.70. The highest BCUT2D eigenvalue weighted by molar-refractivity contribution is 9.08. The van der Waals surface area contributed by atoms with Crippen molar-refractivity contribution >= 4 is 21.8 Å². The smallest absolute Gasteiger partial charge is 0.220 e. The zero-order chi connectivity index (χ0) is 14.9. The fraction of sp³-hybridized carbons (Fsp3) is 0.278. The summed E-state index contributed by atoms with van der Waals surface area (Å²) in [7, 11) is 0. The summed E-state index contributed by atoms with van der Waals surface area (Å²) < 4.78 is 0. The van der Waals surface area contributed by atoms with Gasteiger partial charge in [0.05, 0.1) is 0 Å². The van der Waals surface area contributed by atoms with E-state index in [4.69, 9.17) is 0 Å². The van der Waals surface area contributed by atoms with E-state index in [2.05, 4.69) is 45.5 Å². The molecule has 2 aromatic carbocycles. The fourth-order valence-electron chi connectivity index (χ4n) is 2.21. The minimum Gasteiger partial charge on any atom is -0.352 e. The lowest BCUT2D eigenvalue weighted by Crippen LogP contribution is -2.22. The van der Waals surface area contributed by atoms with E-state index < -0.39 is 0 Å². The molecule has 0 bridgehead atoms. The lowest BCUT2D eigenvalue weighted by Gasteiger charge is -2.07. The lowest BCUT2D eigenvalue weighted by atomic mass is 10.1. The highest BCUT2D eigenvalue weighted by Gasteiger charge is 2.02. The first-order valence-corrected chi connectivity index (χ1v) is 8.34. The number of benzene rings is 2. The quantitative estimate of drug-likeness (QED) is 0.748. The second-order valence-corrected chi connectivity index (χ2v) is 5.63. The molecule has 0 atom stereocenters. The summed E-state index contributed by atoms with van der Waals surface area (Å²) in [5.74, 6) is 0.121. The van der Waals surface area contributed by atoms with E-state index in [1.807, 2.05) is 30.3 Å². The van der Waals surface area contributed by atoms with Crippen molar-refractivity contribution in [3.8, 4) is 0 Å². The van der Waals surface area contributed by atoms with Crippen molar-refractivity contribution in [2.45, 2.75) is 31.1 Å². The summed E-state index contributed by atoms with van der Waals surface area (Å²) >= 11 is 3.44. The molecular formula is C18H20BrNO. The van der Waals surface area contributed by atoms with Gasteiger partial charge in [-0.1, -0.05) is 70.5 Å². The van der Waals surface area contributed by atoms with Gasteiger partial charge in [-0.15, -0.1) is 0 Å². The van der Waals surface area contributed by atoms with Crippen LogP contribution in [-0.2, 0) is 23.1 Å². The van der Waals surface area contributed by atoms with Gasteiger partial charge in [0.2, 0.25) is 5.91 Å². The van der Waals surface area contributed by atoms with Gasteiger partial charge in [-0.05, 0) is 29.5 Å². The molecular weight excluding hydrogens is 326 g/mol. The molecule has 0 saturated heterocycles. The zero-order valence-corrected chi connectivity index (χ0v) is 13.6. The van der Waals surface area contributed by atoms with Crippen molar-refractivity contribution in [1.82, 2.24) is 5.32 Å². The number of amides is 1. The minimum atomic E-state index is 0.121. The molecule has 3 heteroatoms. The Hall–Kier alpha value is -1.61. The standard InChI is InChI=1S/C18H20BrNO/c19-13-16-9-4-10-17(12-16)14-20-18(21)11-5-8-15-6-2-1-3-7-15/h1-4,6-7,9-10,12H,5,8,11,13-14H2,(H,20,21). The van der Waals surface area contributed by atoms with Crippen molar-refractivity contribution < 1.29 is 4.79 Å². The van der Waals surface area contributed by atoms with Gasteiger partial charge in [-0.2, -0.15) is 0 Å². The van der Waals surface area contributed by atoms with Crippen LogP contribution in [0.25, 0.3) is 0 Å². The number of hydrogen-bond acceptors (Lipinski definition) is 1. The number of carbonyl (C=O) groups excluding carboxylic acids is 1.